The fourth-order valence-electron chi connectivity index (χ4n) is 1.75. The average Bonchev–Trinajstić information content (AvgIpc) is 2.12. The first-order valence-corrected chi connectivity index (χ1v) is 4.65. The summed E-state index contributed by atoms with van der Waals surface area (Å²) < 4.78 is 5.31. The molecule has 0 saturated carbocycles. The number of nitrogens with two attached hydrogens (primary N) is 2. The summed E-state index contributed by atoms with van der Waals surface area (Å²) in [5, 5.41) is 0. The van der Waals surface area contributed by atoms with Crippen molar-refractivity contribution in [2.75, 3.05) is 7.11 Å². The van der Waals surface area contributed by atoms with Gasteiger partial charge in [-0.3, -0.25) is 0 Å². The van der Waals surface area contributed by atoms with Crippen LogP contribution in [0.3, 0.4) is 0 Å². The van der Waals surface area contributed by atoms with Crippen molar-refractivity contribution in [3.8, 4) is 5.75 Å². The molecule has 0 aromatic heterocycles. The molecular weight excluding hydrogens is 176 g/mol. The van der Waals surface area contributed by atoms with Gasteiger partial charge < -0.3 is 16.2 Å². The summed E-state index contributed by atoms with van der Waals surface area (Å²) >= 11 is 0. The Morgan fingerprint density at radius 2 is 1.71 bits per heavy atom. The van der Waals surface area contributed by atoms with Crippen LogP contribution in [0.1, 0.15) is 28.4 Å². The minimum absolute atomic E-state index is 0.418. The van der Waals surface area contributed by atoms with Gasteiger partial charge in [0.05, 0.1) is 13.3 Å². The maximum absolute atomic E-state index is 5.68. The molecule has 3 heteroatoms. The Kier molecular flexibility index (Phi) is 3.13. The number of benzene rings is 1. The van der Waals surface area contributed by atoms with E-state index in [1.807, 2.05) is 26.8 Å². The molecule has 4 N–H and O–H groups in total. The number of aryl methyl sites for hydroxylation is 1. The first kappa shape index (κ1) is 11.0. The van der Waals surface area contributed by atoms with E-state index >= 15 is 0 Å². The van der Waals surface area contributed by atoms with Crippen LogP contribution in [-0.2, 0) is 0 Å². The molecule has 0 aliphatic heterocycles. The molecule has 0 spiro atoms. The lowest BCUT2D eigenvalue weighted by molar-refractivity contribution is 0.407. The number of rotatable bonds is 2. The van der Waals surface area contributed by atoms with E-state index in [4.69, 9.17) is 16.2 Å². The molecule has 0 fully saturated rings. The lowest BCUT2D eigenvalue weighted by atomic mass is 9.97. The Bertz CT molecular complexity index is 346. The Balaban J connectivity index is 3.40. The molecule has 0 unspecified atom stereocenters. The van der Waals surface area contributed by atoms with Gasteiger partial charge in [0.15, 0.2) is 0 Å². The molecular formula is C11H18N2O. The zero-order valence-electron chi connectivity index (χ0n) is 9.22. The topological polar surface area (TPSA) is 61.3 Å². The Morgan fingerprint density at radius 3 is 2.14 bits per heavy atom. The largest absolute Gasteiger partial charge is 0.496 e. The molecule has 0 aliphatic rings. The summed E-state index contributed by atoms with van der Waals surface area (Å²) in [4.78, 5) is 0. The molecule has 14 heavy (non-hydrogen) atoms. The van der Waals surface area contributed by atoms with Crippen LogP contribution in [0.4, 0.5) is 0 Å². The van der Waals surface area contributed by atoms with Gasteiger partial charge in [0.1, 0.15) is 5.75 Å². The van der Waals surface area contributed by atoms with Gasteiger partial charge in [-0.05, 0) is 49.1 Å². The highest BCUT2D eigenvalue weighted by Crippen LogP contribution is 2.29. The van der Waals surface area contributed by atoms with Crippen molar-refractivity contribution in [1.82, 2.24) is 0 Å². The van der Waals surface area contributed by atoms with Crippen molar-refractivity contribution in [3.63, 3.8) is 0 Å². The van der Waals surface area contributed by atoms with E-state index in [0.717, 1.165) is 28.0 Å². The molecule has 3 nitrogen and oxygen atoms in total. The number of hydrogen-bond donors (Lipinski definition) is 2. The second-order valence-electron chi connectivity index (χ2n) is 3.59. The third kappa shape index (κ3) is 1.74. The molecule has 0 atom stereocenters. The van der Waals surface area contributed by atoms with Crippen molar-refractivity contribution in [1.29, 1.82) is 0 Å². The van der Waals surface area contributed by atoms with Crippen LogP contribution in [0.15, 0.2) is 6.07 Å². The van der Waals surface area contributed by atoms with Crippen molar-refractivity contribution < 1.29 is 4.74 Å². The SMILES string of the molecule is COc1c(C)cc(C(N)N)c(C)c1C. The zero-order chi connectivity index (χ0) is 10.9. The third-order valence-electron chi connectivity index (χ3n) is 2.63. The van der Waals surface area contributed by atoms with E-state index in [1.165, 1.54) is 0 Å². The maximum atomic E-state index is 5.68. The van der Waals surface area contributed by atoms with Crippen molar-refractivity contribution >= 4 is 0 Å². The average molecular weight is 194 g/mol. The molecule has 78 valence electrons. The Morgan fingerprint density at radius 1 is 1.14 bits per heavy atom. The molecule has 0 bridgehead atoms. The number of methoxy groups -OCH3 is 1. The molecule has 0 aliphatic carbocycles. The predicted molar refractivity (Wildman–Crippen MR) is 58.3 cm³/mol. The monoisotopic (exact) mass is 194 g/mol. The first-order valence-electron chi connectivity index (χ1n) is 4.65. The lowest BCUT2D eigenvalue weighted by Crippen LogP contribution is -2.21. The van der Waals surface area contributed by atoms with Gasteiger partial charge in [-0.2, -0.15) is 0 Å². The van der Waals surface area contributed by atoms with Gasteiger partial charge in [-0.15, -0.1) is 0 Å². The first-order chi connectivity index (χ1) is 6.49. The smallest absolute Gasteiger partial charge is 0.124 e. The van der Waals surface area contributed by atoms with E-state index in [-0.39, 0.29) is 0 Å². The Labute approximate surface area is 85.0 Å². The van der Waals surface area contributed by atoms with Crippen LogP contribution in [0.25, 0.3) is 0 Å². The summed E-state index contributed by atoms with van der Waals surface area (Å²) in [6, 6.07) is 1.99. The van der Waals surface area contributed by atoms with Crippen molar-refractivity contribution in [2.45, 2.75) is 26.9 Å². The van der Waals surface area contributed by atoms with Gasteiger partial charge in [0.25, 0.3) is 0 Å². The molecule has 0 saturated heterocycles. The van der Waals surface area contributed by atoms with Crippen LogP contribution < -0.4 is 16.2 Å². The van der Waals surface area contributed by atoms with E-state index in [0.29, 0.717) is 0 Å². The molecule has 0 heterocycles. The lowest BCUT2D eigenvalue weighted by Gasteiger charge is -2.17. The van der Waals surface area contributed by atoms with Gasteiger partial charge in [0.2, 0.25) is 0 Å². The maximum Gasteiger partial charge on any atom is 0.124 e. The highest BCUT2D eigenvalue weighted by atomic mass is 16.5. The van der Waals surface area contributed by atoms with Crippen LogP contribution in [0.5, 0.6) is 5.75 Å². The minimum atomic E-state index is -0.418. The van der Waals surface area contributed by atoms with Gasteiger partial charge in [-0.1, -0.05) is 0 Å². The normalized spacial score (nSPS) is 10.8. The third-order valence-corrected chi connectivity index (χ3v) is 2.63. The van der Waals surface area contributed by atoms with Crippen molar-refractivity contribution in [2.24, 2.45) is 11.5 Å². The molecule has 1 aromatic rings. The standard InChI is InChI=1S/C11H18N2O/c1-6-5-9(11(12)13)7(2)8(3)10(6)14-4/h5,11H,12-13H2,1-4H3. The highest BCUT2D eigenvalue weighted by Gasteiger charge is 2.12. The zero-order valence-corrected chi connectivity index (χ0v) is 9.22. The van der Waals surface area contributed by atoms with Crippen LogP contribution >= 0.6 is 0 Å². The van der Waals surface area contributed by atoms with Gasteiger partial charge in [0, 0.05) is 0 Å². The summed E-state index contributed by atoms with van der Waals surface area (Å²) in [6.45, 7) is 6.03. The minimum Gasteiger partial charge on any atom is -0.496 e. The fourth-order valence-corrected chi connectivity index (χ4v) is 1.75. The fraction of sp³-hybridized carbons (Fsp3) is 0.455. The van der Waals surface area contributed by atoms with E-state index in [1.54, 1.807) is 7.11 Å². The molecule has 0 amide bonds. The second kappa shape index (κ2) is 3.98. The summed E-state index contributed by atoms with van der Waals surface area (Å²) in [5.41, 5.74) is 15.7. The van der Waals surface area contributed by atoms with Crippen molar-refractivity contribution in [3.05, 3.63) is 28.3 Å². The van der Waals surface area contributed by atoms with E-state index in [9.17, 15) is 0 Å². The highest BCUT2D eigenvalue weighted by molar-refractivity contribution is 5.49. The predicted octanol–water partition coefficient (Wildman–Crippen LogP) is 1.54. The quantitative estimate of drug-likeness (QED) is 0.702. The number of hydrogen-bond acceptors (Lipinski definition) is 3. The van der Waals surface area contributed by atoms with Gasteiger partial charge in [-0.25, -0.2) is 0 Å². The molecule has 1 rings (SSSR count). The summed E-state index contributed by atoms with van der Waals surface area (Å²) in [6.07, 6.45) is -0.418. The number of ether oxygens (including phenoxy) is 1. The second-order valence-corrected chi connectivity index (χ2v) is 3.59. The summed E-state index contributed by atoms with van der Waals surface area (Å²) in [7, 11) is 1.68. The van der Waals surface area contributed by atoms with Crippen LogP contribution in [-0.4, -0.2) is 7.11 Å². The van der Waals surface area contributed by atoms with Crippen LogP contribution in [0, 0.1) is 20.8 Å². The molecule has 1 aromatic carbocycles. The van der Waals surface area contributed by atoms with E-state index < -0.39 is 6.17 Å². The molecule has 0 radical (unpaired) electrons. The van der Waals surface area contributed by atoms with Gasteiger partial charge >= 0.3 is 0 Å². The van der Waals surface area contributed by atoms with E-state index in [2.05, 4.69) is 0 Å². The Hall–Kier alpha value is -1.06. The summed E-state index contributed by atoms with van der Waals surface area (Å²) in [5.74, 6) is 0.923. The van der Waals surface area contributed by atoms with Crippen LogP contribution in [0.2, 0.25) is 0 Å².